The molecule has 2 aliphatic rings. The van der Waals surface area contributed by atoms with Crippen LogP contribution in [0.5, 0.6) is 5.75 Å². The van der Waals surface area contributed by atoms with Gasteiger partial charge in [-0.2, -0.15) is 5.10 Å². The van der Waals surface area contributed by atoms with Crippen LogP contribution in [0.25, 0.3) is 28.0 Å². The fourth-order valence-electron chi connectivity index (χ4n) is 5.50. The van der Waals surface area contributed by atoms with Crippen LogP contribution in [0.1, 0.15) is 51.4 Å². The molecule has 0 radical (unpaired) electrons. The van der Waals surface area contributed by atoms with E-state index >= 15 is 0 Å². The first-order valence-corrected chi connectivity index (χ1v) is 12.9. The molecule has 1 aromatic carbocycles. The van der Waals surface area contributed by atoms with Crippen LogP contribution in [0.15, 0.2) is 48.7 Å². The molecule has 0 aliphatic heterocycles. The number of pyridine rings is 1. The highest BCUT2D eigenvalue weighted by atomic mass is 19.1. The highest BCUT2D eigenvalue weighted by molar-refractivity contribution is 5.92. The Kier molecular flexibility index (Phi) is 6.17. The summed E-state index contributed by atoms with van der Waals surface area (Å²) in [5.41, 5.74) is 4.07. The second kappa shape index (κ2) is 9.76. The molecule has 36 heavy (non-hydrogen) atoms. The number of halogens is 1. The van der Waals surface area contributed by atoms with Gasteiger partial charge in [0.1, 0.15) is 23.1 Å². The Labute approximate surface area is 210 Å². The fraction of sp³-hybridized carbons (Fsp3) is 0.393. The molecule has 4 aromatic rings. The van der Waals surface area contributed by atoms with E-state index in [1.165, 1.54) is 37.8 Å². The van der Waals surface area contributed by atoms with E-state index in [9.17, 15) is 4.39 Å². The maximum Gasteiger partial charge on any atom is 0.223 e. The van der Waals surface area contributed by atoms with Crippen LogP contribution in [0.3, 0.4) is 0 Å². The Balaban J connectivity index is 1.52. The van der Waals surface area contributed by atoms with Crippen molar-refractivity contribution in [2.24, 2.45) is 0 Å². The van der Waals surface area contributed by atoms with Gasteiger partial charge in [-0.05, 0) is 56.0 Å². The molecule has 0 saturated heterocycles. The fourth-order valence-corrected chi connectivity index (χ4v) is 5.50. The van der Waals surface area contributed by atoms with Gasteiger partial charge in [0.2, 0.25) is 5.95 Å². The van der Waals surface area contributed by atoms with Crippen LogP contribution in [0.2, 0.25) is 0 Å². The minimum absolute atomic E-state index is 0.278. The van der Waals surface area contributed by atoms with Crippen LogP contribution in [0.4, 0.5) is 16.2 Å². The molecule has 2 fully saturated rings. The van der Waals surface area contributed by atoms with Crippen molar-refractivity contribution in [2.75, 3.05) is 17.7 Å². The van der Waals surface area contributed by atoms with Crippen molar-refractivity contribution in [3.05, 3.63) is 54.5 Å². The predicted octanol–water partition coefficient (Wildman–Crippen LogP) is 6.32. The Morgan fingerprint density at radius 1 is 0.917 bits per heavy atom. The van der Waals surface area contributed by atoms with E-state index in [-0.39, 0.29) is 5.82 Å². The number of rotatable bonds is 7. The Bertz CT molecular complexity index is 1360. The van der Waals surface area contributed by atoms with Gasteiger partial charge in [0, 0.05) is 36.0 Å². The van der Waals surface area contributed by atoms with E-state index < -0.39 is 0 Å². The molecule has 3 aromatic heterocycles. The third kappa shape index (κ3) is 4.47. The number of hydrogen-bond acceptors (Lipinski definition) is 6. The Hall–Kier alpha value is -3.68. The molecule has 7 nitrogen and oxygen atoms in total. The second-order valence-electron chi connectivity index (χ2n) is 9.82. The van der Waals surface area contributed by atoms with Crippen LogP contribution in [-0.4, -0.2) is 38.8 Å². The first-order valence-electron chi connectivity index (χ1n) is 12.9. The Morgan fingerprint density at radius 3 is 2.31 bits per heavy atom. The van der Waals surface area contributed by atoms with Crippen LogP contribution in [-0.2, 0) is 0 Å². The summed E-state index contributed by atoms with van der Waals surface area (Å²) in [5, 5.41) is 12.2. The lowest BCUT2D eigenvalue weighted by molar-refractivity contribution is 0.414. The highest BCUT2D eigenvalue weighted by Crippen LogP contribution is 2.38. The highest BCUT2D eigenvalue weighted by Gasteiger charge is 2.23. The molecule has 0 bridgehead atoms. The van der Waals surface area contributed by atoms with Crippen molar-refractivity contribution >= 4 is 17.3 Å². The van der Waals surface area contributed by atoms with E-state index in [0.717, 1.165) is 65.3 Å². The average molecular weight is 487 g/mol. The van der Waals surface area contributed by atoms with Gasteiger partial charge < -0.3 is 15.4 Å². The van der Waals surface area contributed by atoms with Gasteiger partial charge in [0.05, 0.1) is 23.9 Å². The van der Waals surface area contributed by atoms with E-state index in [0.29, 0.717) is 18.0 Å². The molecule has 0 atom stereocenters. The number of benzene rings is 1. The van der Waals surface area contributed by atoms with Gasteiger partial charge in [-0.3, -0.25) is 0 Å². The lowest BCUT2D eigenvalue weighted by Gasteiger charge is -2.16. The molecule has 0 amide bonds. The maximum atomic E-state index is 13.8. The van der Waals surface area contributed by atoms with E-state index in [1.807, 2.05) is 22.7 Å². The number of anilines is 2. The molecule has 186 valence electrons. The van der Waals surface area contributed by atoms with Gasteiger partial charge in [0.15, 0.2) is 0 Å². The number of aromatic nitrogens is 4. The largest absolute Gasteiger partial charge is 0.497 e. The normalized spacial score (nSPS) is 16.6. The van der Waals surface area contributed by atoms with E-state index in [1.54, 1.807) is 25.4 Å². The molecule has 0 spiro atoms. The van der Waals surface area contributed by atoms with Crippen LogP contribution >= 0.6 is 0 Å². The maximum absolute atomic E-state index is 13.8. The lowest BCUT2D eigenvalue weighted by atomic mass is 10.0. The van der Waals surface area contributed by atoms with Crippen molar-refractivity contribution in [1.82, 2.24) is 19.6 Å². The van der Waals surface area contributed by atoms with Gasteiger partial charge in [-0.15, -0.1) is 0 Å². The second-order valence-corrected chi connectivity index (χ2v) is 9.82. The number of ether oxygens (including phenoxy) is 1. The van der Waals surface area contributed by atoms with Crippen molar-refractivity contribution in [2.45, 2.75) is 63.5 Å². The third-order valence-electron chi connectivity index (χ3n) is 7.37. The minimum Gasteiger partial charge on any atom is -0.497 e. The van der Waals surface area contributed by atoms with Crippen molar-refractivity contribution in [3.63, 3.8) is 0 Å². The topological polar surface area (TPSA) is 76.4 Å². The number of nitrogens with zero attached hydrogens (tertiary/aromatic N) is 4. The van der Waals surface area contributed by atoms with Crippen LogP contribution < -0.4 is 15.4 Å². The lowest BCUT2D eigenvalue weighted by Crippen LogP contribution is -2.17. The zero-order valence-electron chi connectivity index (χ0n) is 20.5. The van der Waals surface area contributed by atoms with Gasteiger partial charge >= 0.3 is 0 Å². The standard InChI is InChI=1S/C28H31FN6O/c1-36-22-16-24-26(23-14-15-30-28(33-23)32-21-8-4-5-9-21)27(18-10-12-19(29)13-11-18)34-35(24)25(17-22)31-20-6-2-3-7-20/h10-17,20-21,31H,2-9H2,1H3,(H,30,32,33). The molecule has 2 aliphatic carbocycles. The summed E-state index contributed by atoms with van der Waals surface area (Å²) < 4.78 is 21.4. The average Bonchev–Trinajstić information content (AvgIpc) is 3.66. The molecule has 0 unspecified atom stereocenters. The monoisotopic (exact) mass is 486 g/mol. The summed E-state index contributed by atoms with van der Waals surface area (Å²) in [6.07, 6.45) is 11.3. The summed E-state index contributed by atoms with van der Waals surface area (Å²) in [6.45, 7) is 0. The van der Waals surface area contributed by atoms with Crippen molar-refractivity contribution in [1.29, 1.82) is 0 Å². The molecule has 2 saturated carbocycles. The minimum atomic E-state index is -0.278. The van der Waals surface area contributed by atoms with Crippen molar-refractivity contribution < 1.29 is 9.13 Å². The summed E-state index contributed by atoms with van der Waals surface area (Å²) >= 11 is 0. The van der Waals surface area contributed by atoms with Gasteiger partial charge in [-0.25, -0.2) is 18.9 Å². The Morgan fingerprint density at radius 2 is 1.61 bits per heavy atom. The molecule has 8 heteroatoms. The van der Waals surface area contributed by atoms with E-state index in [4.69, 9.17) is 14.8 Å². The van der Waals surface area contributed by atoms with Crippen LogP contribution in [0, 0.1) is 5.82 Å². The number of methoxy groups -OCH3 is 1. The molecule has 6 rings (SSSR count). The summed E-state index contributed by atoms with van der Waals surface area (Å²) in [4.78, 5) is 9.40. The van der Waals surface area contributed by atoms with E-state index in [2.05, 4.69) is 15.6 Å². The summed E-state index contributed by atoms with van der Waals surface area (Å²) in [7, 11) is 1.68. The van der Waals surface area contributed by atoms with Gasteiger partial charge in [0.25, 0.3) is 0 Å². The first kappa shape index (κ1) is 22.8. The number of fused-ring (bicyclic) bond motifs is 1. The van der Waals surface area contributed by atoms with Crippen molar-refractivity contribution in [3.8, 4) is 28.3 Å². The predicted molar refractivity (Wildman–Crippen MR) is 140 cm³/mol. The molecular weight excluding hydrogens is 455 g/mol. The first-order chi connectivity index (χ1) is 17.7. The number of nitrogens with one attached hydrogen (secondary N) is 2. The molecular formula is C28H31FN6O. The SMILES string of the molecule is COc1cc(NC2CCCC2)n2nc(-c3ccc(F)cc3)c(-c3ccnc(NC4CCCC4)n3)c2c1. The molecule has 3 heterocycles. The molecule has 2 N–H and O–H groups in total. The zero-order chi connectivity index (χ0) is 24.5. The third-order valence-corrected chi connectivity index (χ3v) is 7.37. The summed E-state index contributed by atoms with van der Waals surface area (Å²) in [6, 6.07) is 13.2. The summed E-state index contributed by atoms with van der Waals surface area (Å²) in [5.74, 6) is 1.97. The quantitative estimate of drug-likeness (QED) is 0.319. The zero-order valence-corrected chi connectivity index (χ0v) is 20.5. The van der Waals surface area contributed by atoms with Gasteiger partial charge in [-0.1, -0.05) is 25.7 Å². The smallest absolute Gasteiger partial charge is 0.223 e. The number of hydrogen-bond donors (Lipinski definition) is 2.